The Morgan fingerprint density at radius 2 is 1.93 bits per heavy atom. The minimum absolute atomic E-state index is 0.000158. The number of Topliss-reactive ketones (excluding diaryl/α,β-unsaturated/α-hetero) is 1. The van der Waals surface area contributed by atoms with Crippen LogP contribution in [0.2, 0.25) is 0 Å². The molecule has 1 aliphatic rings. The number of carbonyl (C=O) groups excluding carboxylic acids is 1. The Kier molecular flexibility index (Phi) is 5.91. The van der Waals surface area contributed by atoms with Gasteiger partial charge in [0.25, 0.3) is 0 Å². The number of benzene rings is 2. The van der Waals surface area contributed by atoms with Crippen molar-refractivity contribution in [1.29, 1.82) is 0 Å². The Morgan fingerprint density at radius 3 is 2.63 bits per heavy atom. The van der Waals surface area contributed by atoms with Gasteiger partial charge in [0.2, 0.25) is 0 Å². The van der Waals surface area contributed by atoms with Crippen molar-refractivity contribution >= 4 is 23.1 Å². The third-order valence-corrected chi connectivity index (χ3v) is 5.09. The quantitative estimate of drug-likeness (QED) is 0.591. The van der Waals surface area contributed by atoms with Crippen LogP contribution in [-0.2, 0) is 0 Å². The maximum absolute atomic E-state index is 13.3. The molecule has 0 aromatic heterocycles. The van der Waals surface area contributed by atoms with Crippen LogP contribution in [0, 0.1) is 0 Å². The van der Waals surface area contributed by atoms with Crippen molar-refractivity contribution in [3.05, 3.63) is 77.0 Å². The number of thiocarbonyl (C=S) groups is 1. The second kappa shape index (κ2) is 8.35. The van der Waals surface area contributed by atoms with E-state index in [9.17, 15) is 4.79 Å². The first-order chi connectivity index (χ1) is 13.0. The van der Waals surface area contributed by atoms with E-state index >= 15 is 0 Å². The lowest BCUT2D eigenvalue weighted by molar-refractivity contribution is 0.102. The number of nitrogens with one attached hydrogen (secondary N) is 1. The molecule has 0 fully saturated rings. The summed E-state index contributed by atoms with van der Waals surface area (Å²) in [6, 6.07) is 16.9. The Bertz CT molecular complexity index is 877. The van der Waals surface area contributed by atoms with E-state index < -0.39 is 0 Å². The molecule has 1 unspecified atom stereocenters. The molecule has 3 rings (SSSR count). The minimum atomic E-state index is -0.313. The number of allylic oxidation sites excluding steroid dienone is 1. The normalized spacial score (nSPS) is 16.9. The molecule has 1 atom stereocenters. The van der Waals surface area contributed by atoms with Gasteiger partial charge in [-0.15, -0.1) is 0 Å². The zero-order valence-corrected chi connectivity index (χ0v) is 16.7. The van der Waals surface area contributed by atoms with Gasteiger partial charge < -0.3 is 15.0 Å². The number of carbonyl (C=O) groups is 1. The molecule has 2 aromatic rings. The molecule has 1 aliphatic heterocycles. The van der Waals surface area contributed by atoms with Gasteiger partial charge in [0.05, 0.1) is 12.6 Å². The van der Waals surface area contributed by atoms with E-state index in [1.54, 1.807) is 0 Å². The SMILES string of the molecule is CCCOc1cccc(C2NC(=S)N(C)C(C)=C2C(=O)c2ccccc2)c1. The van der Waals surface area contributed by atoms with Gasteiger partial charge in [-0.1, -0.05) is 49.4 Å². The monoisotopic (exact) mass is 380 g/mol. The van der Waals surface area contributed by atoms with Crippen molar-refractivity contribution in [2.45, 2.75) is 26.3 Å². The Morgan fingerprint density at radius 1 is 1.19 bits per heavy atom. The van der Waals surface area contributed by atoms with Gasteiger partial charge in [0.15, 0.2) is 10.9 Å². The van der Waals surface area contributed by atoms with E-state index in [0.29, 0.717) is 22.9 Å². The summed E-state index contributed by atoms with van der Waals surface area (Å²) in [5.41, 5.74) is 3.18. The number of ketones is 1. The maximum Gasteiger partial charge on any atom is 0.193 e. The Balaban J connectivity index is 2.04. The van der Waals surface area contributed by atoms with Crippen LogP contribution in [-0.4, -0.2) is 29.5 Å². The second-order valence-electron chi connectivity index (χ2n) is 6.56. The number of hydrogen-bond donors (Lipinski definition) is 1. The van der Waals surface area contributed by atoms with Crippen LogP contribution in [0.4, 0.5) is 0 Å². The Labute approximate surface area is 165 Å². The van der Waals surface area contributed by atoms with E-state index in [0.717, 1.165) is 23.4 Å². The molecule has 0 aliphatic carbocycles. The molecule has 4 nitrogen and oxygen atoms in total. The van der Waals surface area contributed by atoms with Gasteiger partial charge in [0.1, 0.15) is 5.75 Å². The first kappa shape index (κ1) is 19.1. The summed E-state index contributed by atoms with van der Waals surface area (Å²) in [5, 5.41) is 3.92. The predicted molar refractivity (Wildman–Crippen MR) is 112 cm³/mol. The van der Waals surface area contributed by atoms with E-state index in [2.05, 4.69) is 12.2 Å². The fourth-order valence-electron chi connectivity index (χ4n) is 3.13. The third kappa shape index (κ3) is 4.03. The zero-order valence-electron chi connectivity index (χ0n) is 15.9. The van der Waals surface area contributed by atoms with Crippen LogP contribution in [0.5, 0.6) is 5.75 Å². The van der Waals surface area contributed by atoms with Crippen molar-refractivity contribution in [2.24, 2.45) is 0 Å². The average molecular weight is 381 g/mol. The fraction of sp³-hybridized carbons (Fsp3) is 0.273. The average Bonchev–Trinajstić information content (AvgIpc) is 2.70. The standard InChI is InChI=1S/C22H24N2O2S/c1-4-13-26-18-12-8-11-17(14-18)20-19(15(2)24(3)22(27)23-20)21(25)16-9-6-5-7-10-16/h5-12,14,20H,4,13H2,1-3H3,(H,23,27). The highest BCUT2D eigenvalue weighted by molar-refractivity contribution is 7.80. The lowest BCUT2D eigenvalue weighted by atomic mass is 9.89. The first-order valence-electron chi connectivity index (χ1n) is 9.10. The highest BCUT2D eigenvalue weighted by Gasteiger charge is 2.32. The zero-order chi connectivity index (χ0) is 19.4. The van der Waals surface area contributed by atoms with Gasteiger partial charge in [-0.25, -0.2) is 0 Å². The fourth-order valence-corrected chi connectivity index (χ4v) is 3.38. The van der Waals surface area contributed by atoms with Gasteiger partial charge in [-0.2, -0.15) is 0 Å². The lowest BCUT2D eigenvalue weighted by Crippen LogP contribution is -2.45. The summed E-state index contributed by atoms with van der Waals surface area (Å²) in [6.07, 6.45) is 0.942. The Hall–Kier alpha value is -2.66. The predicted octanol–water partition coefficient (Wildman–Crippen LogP) is 4.49. The minimum Gasteiger partial charge on any atom is -0.494 e. The summed E-state index contributed by atoms with van der Waals surface area (Å²) in [5.74, 6) is 0.796. The van der Waals surface area contributed by atoms with Crippen LogP contribution in [0.3, 0.4) is 0 Å². The largest absolute Gasteiger partial charge is 0.494 e. The summed E-state index contributed by atoms with van der Waals surface area (Å²) in [4.78, 5) is 15.2. The number of nitrogens with zero attached hydrogens (tertiary/aromatic N) is 1. The molecule has 0 saturated carbocycles. The van der Waals surface area contributed by atoms with Crippen molar-refractivity contribution in [1.82, 2.24) is 10.2 Å². The lowest BCUT2D eigenvalue weighted by Gasteiger charge is -2.36. The van der Waals surface area contributed by atoms with Crippen LogP contribution in [0.15, 0.2) is 65.9 Å². The molecule has 0 bridgehead atoms. The first-order valence-corrected chi connectivity index (χ1v) is 9.51. The molecule has 27 heavy (non-hydrogen) atoms. The van der Waals surface area contributed by atoms with Gasteiger partial charge >= 0.3 is 0 Å². The number of rotatable bonds is 6. The maximum atomic E-state index is 13.3. The van der Waals surface area contributed by atoms with E-state index in [1.165, 1.54) is 0 Å². The third-order valence-electron chi connectivity index (χ3n) is 4.70. The summed E-state index contributed by atoms with van der Waals surface area (Å²) < 4.78 is 5.77. The van der Waals surface area contributed by atoms with Crippen LogP contribution in [0.1, 0.15) is 42.2 Å². The molecule has 1 N–H and O–H groups in total. The van der Waals surface area contributed by atoms with Crippen molar-refractivity contribution in [2.75, 3.05) is 13.7 Å². The highest BCUT2D eigenvalue weighted by atomic mass is 32.1. The topological polar surface area (TPSA) is 41.6 Å². The second-order valence-corrected chi connectivity index (χ2v) is 6.94. The summed E-state index contributed by atoms with van der Waals surface area (Å²) in [6.45, 7) is 4.67. The molecule has 0 saturated heterocycles. The van der Waals surface area contributed by atoms with Crippen LogP contribution < -0.4 is 10.1 Å². The molecule has 1 heterocycles. The van der Waals surface area contributed by atoms with E-state index in [4.69, 9.17) is 17.0 Å². The van der Waals surface area contributed by atoms with Gasteiger partial charge in [-0.05, 0) is 43.3 Å². The van der Waals surface area contributed by atoms with Crippen molar-refractivity contribution in [3.63, 3.8) is 0 Å². The van der Waals surface area contributed by atoms with Crippen LogP contribution >= 0.6 is 12.2 Å². The molecule has 0 amide bonds. The molecule has 2 aromatic carbocycles. The van der Waals surface area contributed by atoms with Gasteiger partial charge in [0, 0.05) is 23.9 Å². The molecule has 0 radical (unpaired) electrons. The molecule has 140 valence electrons. The smallest absolute Gasteiger partial charge is 0.193 e. The number of ether oxygens (including phenoxy) is 1. The molecule has 5 heteroatoms. The van der Waals surface area contributed by atoms with Crippen molar-refractivity contribution < 1.29 is 9.53 Å². The highest BCUT2D eigenvalue weighted by Crippen LogP contribution is 2.33. The summed E-state index contributed by atoms with van der Waals surface area (Å²) in [7, 11) is 1.87. The van der Waals surface area contributed by atoms with Gasteiger partial charge in [-0.3, -0.25) is 4.79 Å². The van der Waals surface area contributed by atoms with Crippen LogP contribution in [0.25, 0.3) is 0 Å². The molecule has 0 spiro atoms. The molecular weight excluding hydrogens is 356 g/mol. The van der Waals surface area contributed by atoms with E-state index in [1.807, 2.05) is 73.5 Å². The molecular formula is C22H24N2O2S. The van der Waals surface area contributed by atoms with Crippen molar-refractivity contribution in [3.8, 4) is 5.75 Å². The summed E-state index contributed by atoms with van der Waals surface area (Å²) >= 11 is 5.48. The van der Waals surface area contributed by atoms with E-state index in [-0.39, 0.29) is 11.8 Å². The number of hydrogen-bond acceptors (Lipinski definition) is 3.